The van der Waals surface area contributed by atoms with Gasteiger partial charge in [0.2, 0.25) is 17.8 Å². The van der Waals surface area contributed by atoms with Crippen LogP contribution in [0.3, 0.4) is 0 Å². The summed E-state index contributed by atoms with van der Waals surface area (Å²) in [6.45, 7) is 0.233. The number of nitrogens with one attached hydrogen (secondary N) is 4. The number of aliphatic carboxylic acids is 2. The number of para-hydroxylation sites is 2. The number of aromatic nitrogens is 2. The Hall–Kier alpha value is -5.47. The van der Waals surface area contributed by atoms with Gasteiger partial charge in [0.25, 0.3) is 0 Å². The van der Waals surface area contributed by atoms with Crippen molar-refractivity contribution in [2.45, 2.75) is 31.5 Å². The number of anilines is 1. The first-order valence-electron chi connectivity index (χ1n) is 13.4. The number of halogens is 4. The Morgan fingerprint density at radius 3 is 2.20 bits per heavy atom. The fourth-order valence-electron chi connectivity index (χ4n) is 4.03. The third-order valence-corrected chi connectivity index (χ3v) is 6.11. The number of H-pyrrole nitrogens is 1. The van der Waals surface area contributed by atoms with Gasteiger partial charge in [-0.15, -0.1) is 0 Å². The third-order valence-electron chi connectivity index (χ3n) is 6.11. The van der Waals surface area contributed by atoms with Crippen LogP contribution in [0.25, 0.3) is 22.2 Å². The summed E-state index contributed by atoms with van der Waals surface area (Å²) in [5, 5.41) is 24.9. The molecule has 15 heteroatoms. The fourth-order valence-corrected chi connectivity index (χ4v) is 4.03. The molecule has 0 saturated carbocycles. The molecule has 45 heavy (non-hydrogen) atoms. The summed E-state index contributed by atoms with van der Waals surface area (Å²) >= 11 is 0. The highest BCUT2D eigenvalue weighted by molar-refractivity contribution is 5.85. The molecular weight excluding hydrogens is 602 g/mol. The van der Waals surface area contributed by atoms with Crippen LogP contribution in [0.4, 0.5) is 23.5 Å². The number of aromatic amines is 1. The fraction of sp³-hybridized carbons (Fsp3) is 0.233. The second kappa shape index (κ2) is 15.8. The summed E-state index contributed by atoms with van der Waals surface area (Å²) in [7, 11) is 0. The zero-order valence-corrected chi connectivity index (χ0v) is 23.5. The van der Waals surface area contributed by atoms with Crippen LogP contribution in [-0.2, 0) is 19.2 Å². The van der Waals surface area contributed by atoms with Gasteiger partial charge in [-0.1, -0.05) is 42.5 Å². The maximum absolute atomic E-state index is 13.6. The molecule has 238 valence electrons. The van der Waals surface area contributed by atoms with Crippen molar-refractivity contribution in [2.24, 2.45) is 0 Å². The number of carboxylic acid groups (broad SMARTS) is 2. The van der Waals surface area contributed by atoms with Crippen molar-refractivity contribution in [3.8, 4) is 11.1 Å². The lowest BCUT2D eigenvalue weighted by atomic mass is 9.97. The van der Waals surface area contributed by atoms with Crippen molar-refractivity contribution in [2.75, 3.05) is 18.4 Å². The SMILES string of the molecule is O=C(O)C(F)(F)F.O=C(O)CC(NC(=O)CNC(=O)CCCNc1nc2ccccc2[nH]1)c1cccc(-c2cccc(F)c2)c1. The third kappa shape index (κ3) is 11.3. The molecule has 11 nitrogen and oxygen atoms in total. The van der Waals surface area contributed by atoms with E-state index >= 15 is 0 Å². The molecule has 6 N–H and O–H groups in total. The van der Waals surface area contributed by atoms with E-state index in [4.69, 9.17) is 9.90 Å². The van der Waals surface area contributed by atoms with Gasteiger partial charge in [-0.3, -0.25) is 14.4 Å². The highest BCUT2D eigenvalue weighted by Crippen LogP contribution is 2.25. The van der Waals surface area contributed by atoms with Crippen LogP contribution >= 0.6 is 0 Å². The lowest BCUT2D eigenvalue weighted by Gasteiger charge is -2.19. The summed E-state index contributed by atoms with van der Waals surface area (Å²) in [6, 6.07) is 19.8. The second-order valence-electron chi connectivity index (χ2n) is 9.57. The van der Waals surface area contributed by atoms with Crippen LogP contribution in [0.1, 0.15) is 30.9 Å². The Kier molecular flexibility index (Phi) is 12.0. The molecule has 4 rings (SSSR count). The van der Waals surface area contributed by atoms with Gasteiger partial charge >= 0.3 is 18.1 Å². The highest BCUT2D eigenvalue weighted by atomic mass is 19.4. The standard InChI is InChI=1S/C28H28FN5O4.C2HF3O2/c29-21-9-4-7-19(15-21)18-6-3-8-20(14-18)24(16-27(37)38)32-26(36)17-31-25(35)12-5-13-30-28-33-22-10-1-2-11-23(22)34-28;3-2(4,5)1(6)7/h1-4,6-11,14-15,24H,5,12-13,16-17H2,(H,31,35)(H,32,36)(H,37,38)(H2,30,33,34);(H,6,7). The van der Waals surface area contributed by atoms with Crippen molar-refractivity contribution in [1.29, 1.82) is 0 Å². The molecule has 0 bridgehead atoms. The van der Waals surface area contributed by atoms with E-state index in [0.29, 0.717) is 35.6 Å². The molecule has 1 unspecified atom stereocenters. The summed E-state index contributed by atoms with van der Waals surface area (Å²) in [4.78, 5) is 52.6. The number of hydrogen-bond donors (Lipinski definition) is 6. The molecule has 0 radical (unpaired) electrons. The molecule has 1 atom stereocenters. The minimum absolute atomic E-state index is 0.203. The Bertz CT molecular complexity index is 1610. The molecule has 4 aromatic rings. The van der Waals surface area contributed by atoms with Gasteiger partial charge in [-0.2, -0.15) is 13.2 Å². The molecule has 0 saturated heterocycles. The van der Waals surface area contributed by atoms with Gasteiger partial charge < -0.3 is 31.1 Å². The number of rotatable bonds is 12. The predicted molar refractivity (Wildman–Crippen MR) is 155 cm³/mol. The first-order chi connectivity index (χ1) is 21.3. The summed E-state index contributed by atoms with van der Waals surface area (Å²) in [5.41, 5.74) is 3.65. The van der Waals surface area contributed by atoms with Gasteiger partial charge in [-0.25, -0.2) is 14.2 Å². The van der Waals surface area contributed by atoms with E-state index in [-0.39, 0.29) is 31.1 Å². The predicted octanol–water partition coefficient (Wildman–Crippen LogP) is 4.64. The van der Waals surface area contributed by atoms with Crippen molar-refractivity contribution < 1.29 is 47.0 Å². The minimum Gasteiger partial charge on any atom is -0.481 e. The van der Waals surface area contributed by atoms with Crippen LogP contribution in [0.15, 0.2) is 72.8 Å². The maximum Gasteiger partial charge on any atom is 0.490 e. The van der Waals surface area contributed by atoms with Crippen molar-refractivity contribution >= 4 is 40.7 Å². The second-order valence-corrected chi connectivity index (χ2v) is 9.57. The van der Waals surface area contributed by atoms with Crippen molar-refractivity contribution in [3.05, 3.63) is 84.2 Å². The number of carbonyl (C=O) groups excluding carboxylic acids is 2. The van der Waals surface area contributed by atoms with Crippen LogP contribution in [0, 0.1) is 5.82 Å². The van der Waals surface area contributed by atoms with Crippen LogP contribution < -0.4 is 16.0 Å². The molecule has 1 aromatic heterocycles. The van der Waals surface area contributed by atoms with Crippen molar-refractivity contribution in [1.82, 2.24) is 20.6 Å². The van der Waals surface area contributed by atoms with E-state index in [2.05, 4.69) is 25.9 Å². The maximum atomic E-state index is 13.6. The van der Waals surface area contributed by atoms with Gasteiger partial charge in [0.05, 0.1) is 30.0 Å². The molecular formula is C30H29F4N5O6. The quantitative estimate of drug-likeness (QED) is 0.0969. The highest BCUT2D eigenvalue weighted by Gasteiger charge is 2.38. The summed E-state index contributed by atoms with van der Waals surface area (Å²) < 4.78 is 45.4. The number of fused-ring (bicyclic) bond motifs is 1. The molecule has 0 spiro atoms. The molecule has 2 amide bonds. The average molecular weight is 632 g/mol. The van der Waals surface area contributed by atoms with Gasteiger partial charge in [0.15, 0.2) is 0 Å². The number of imidazole rings is 1. The van der Waals surface area contributed by atoms with E-state index in [9.17, 15) is 37.1 Å². The van der Waals surface area contributed by atoms with Gasteiger partial charge in [-0.05, 0) is 53.4 Å². The first kappa shape index (κ1) is 34.0. The van der Waals surface area contributed by atoms with Gasteiger partial charge in [0.1, 0.15) is 5.82 Å². The molecule has 0 aliphatic heterocycles. The number of amides is 2. The molecule has 3 aromatic carbocycles. The molecule has 1 heterocycles. The first-order valence-corrected chi connectivity index (χ1v) is 13.4. The number of hydrogen-bond acceptors (Lipinski definition) is 6. The Balaban J connectivity index is 0.000000707. The van der Waals surface area contributed by atoms with Crippen LogP contribution in [0.2, 0.25) is 0 Å². The Morgan fingerprint density at radius 2 is 1.56 bits per heavy atom. The Morgan fingerprint density at radius 1 is 0.889 bits per heavy atom. The van der Waals surface area contributed by atoms with E-state index in [1.165, 1.54) is 12.1 Å². The largest absolute Gasteiger partial charge is 0.490 e. The zero-order chi connectivity index (χ0) is 33.0. The molecule has 0 aliphatic rings. The smallest absolute Gasteiger partial charge is 0.481 e. The number of carboxylic acids is 2. The van der Waals surface area contributed by atoms with E-state index in [1.54, 1.807) is 36.4 Å². The zero-order valence-electron chi connectivity index (χ0n) is 23.5. The lowest BCUT2D eigenvalue weighted by molar-refractivity contribution is -0.192. The normalized spacial score (nSPS) is 11.6. The van der Waals surface area contributed by atoms with Gasteiger partial charge in [0, 0.05) is 13.0 Å². The van der Waals surface area contributed by atoms with Crippen LogP contribution in [0.5, 0.6) is 0 Å². The summed E-state index contributed by atoms with van der Waals surface area (Å²) in [6.07, 6.45) is -4.70. The molecule has 0 fully saturated rings. The molecule has 0 aliphatic carbocycles. The topological polar surface area (TPSA) is 174 Å². The minimum atomic E-state index is -5.08. The number of alkyl halides is 3. The number of benzene rings is 3. The number of nitrogens with zero attached hydrogens (tertiary/aromatic N) is 1. The average Bonchev–Trinajstić information content (AvgIpc) is 3.41. The van der Waals surface area contributed by atoms with Crippen molar-refractivity contribution in [3.63, 3.8) is 0 Å². The van der Waals surface area contributed by atoms with E-state index in [1.807, 2.05) is 24.3 Å². The number of carbonyl (C=O) groups is 4. The van der Waals surface area contributed by atoms with Crippen LogP contribution in [-0.4, -0.2) is 63.2 Å². The van der Waals surface area contributed by atoms with E-state index in [0.717, 1.165) is 11.0 Å². The van der Waals surface area contributed by atoms with E-state index < -0.39 is 30.1 Å². The lowest BCUT2D eigenvalue weighted by Crippen LogP contribution is -2.39. The monoisotopic (exact) mass is 631 g/mol. The summed E-state index contributed by atoms with van der Waals surface area (Å²) in [5.74, 6) is -4.42. The Labute approximate surface area is 253 Å².